The molecule has 0 saturated heterocycles. The predicted octanol–water partition coefficient (Wildman–Crippen LogP) is 11.5. The lowest BCUT2D eigenvalue weighted by atomic mass is 10.0. The summed E-state index contributed by atoms with van der Waals surface area (Å²) in [6.45, 7) is 4.35. The topological polar surface area (TPSA) is 69.6 Å². The van der Waals surface area contributed by atoms with E-state index in [0.717, 1.165) is 25.7 Å². The van der Waals surface area contributed by atoms with Gasteiger partial charge in [-0.05, 0) is 38.5 Å². The Kier molecular flexibility index (Phi) is 34.9. The molecule has 4 heteroatoms. The Labute approximate surface area is 269 Å². The minimum Gasteiger partial charge on any atom is -0.394 e. The first-order valence-corrected chi connectivity index (χ1v) is 19.4. The van der Waals surface area contributed by atoms with Crippen molar-refractivity contribution in [1.82, 2.24) is 5.32 Å². The Morgan fingerprint density at radius 2 is 0.884 bits per heavy atom. The highest BCUT2D eigenvalue weighted by molar-refractivity contribution is 5.76. The molecule has 0 bridgehead atoms. The molecule has 0 aromatic heterocycles. The smallest absolute Gasteiger partial charge is 0.220 e. The molecule has 0 saturated carbocycles. The van der Waals surface area contributed by atoms with Gasteiger partial charge in [0.25, 0.3) is 0 Å². The highest BCUT2D eigenvalue weighted by Gasteiger charge is 2.19. The van der Waals surface area contributed by atoms with Gasteiger partial charge in [-0.15, -0.1) is 0 Å². The van der Waals surface area contributed by atoms with Crippen LogP contribution in [-0.2, 0) is 4.79 Å². The number of allylic oxidation sites excluding steroid dienone is 2. The predicted molar refractivity (Wildman–Crippen MR) is 189 cm³/mol. The van der Waals surface area contributed by atoms with E-state index in [1.54, 1.807) is 0 Å². The maximum Gasteiger partial charge on any atom is 0.220 e. The normalized spacial score (nSPS) is 13.1. The first kappa shape index (κ1) is 42.1. The molecule has 1 amide bonds. The van der Waals surface area contributed by atoms with Gasteiger partial charge >= 0.3 is 0 Å². The third-order valence-electron chi connectivity index (χ3n) is 9.03. The largest absolute Gasteiger partial charge is 0.394 e. The first-order valence-electron chi connectivity index (χ1n) is 19.4. The summed E-state index contributed by atoms with van der Waals surface area (Å²) < 4.78 is 0. The number of hydrogen-bond acceptors (Lipinski definition) is 3. The first-order chi connectivity index (χ1) is 21.2. The molecule has 0 fully saturated rings. The minimum absolute atomic E-state index is 0.0356. The van der Waals surface area contributed by atoms with E-state index >= 15 is 0 Å². The molecule has 0 heterocycles. The van der Waals surface area contributed by atoms with Crippen molar-refractivity contribution in [3.05, 3.63) is 12.2 Å². The number of unbranched alkanes of at least 4 members (excludes halogenated alkanes) is 26. The Bertz CT molecular complexity index is 579. The number of carbonyl (C=O) groups excluding carboxylic acids is 1. The van der Waals surface area contributed by atoms with Gasteiger partial charge in [0.1, 0.15) is 0 Å². The third kappa shape index (κ3) is 32.3. The number of aliphatic hydroxyl groups is 2. The zero-order chi connectivity index (χ0) is 31.5. The molecule has 2 atom stereocenters. The lowest BCUT2D eigenvalue weighted by Gasteiger charge is -2.22. The summed E-state index contributed by atoms with van der Waals surface area (Å²) >= 11 is 0. The number of hydrogen-bond donors (Lipinski definition) is 3. The molecule has 0 aliphatic carbocycles. The number of rotatable bonds is 35. The molecule has 0 aliphatic heterocycles. The van der Waals surface area contributed by atoms with Crippen LogP contribution >= 0.6 is 0 Å². The quantitative estimate of drug-likeness (QED) is 0.0496. The summed E-state index contributed by atoms with van der Waals surface area (Å²) in [6.07, 6.45) is 42.6. The van der Waals surface area contributed by atoms with Crippen molar-refractivity contribution in [1.29, 1.82) is 0 Å². The van der Waals surface area contributed by atoms with Gasteiger partial charge in [-0.25, -0.2) is 0 Å². The number of carbonyl (C=O) groups is 1. The second-order valence-corrected chi connectivity index (χ2v) is 13.4. The fourth-order valence-electron chi connectivity index (χ4n) is 6.00. The maximum atomic E-state index is 12.3. The van der Waals surface area contributed by atoms with Crippen molar-refractivity contribution in [2.24, 2.45) is 0 Å². The average molecular weight is 608 g/mol. The lowest BCUT2D eigenvalue weighted by Crippen LogP contribution is -2.45. The Balaban J connectivity index is 3.54. The molecule has 0 rings (SSSR count). The average Bonchev–Trinajstić information content (AvgIpc) is 3.01. The van der Waals surface area contributed by atoms with Gasteiger partial charge in [-0.3, -0.25) is 4.79 Å². The van der Waals surface area contributed by atoms with Crippen LogP contribution in [0.1, 0.15) is 213 Å². The van der Waals surface area contributed by atoms with Crippen LogP contribution in [-0.4, -0.2) is 34.9 Å². The van der Waals surface area contributed by atoms with Crippen molar-refractivity contribution in [3.8, 4) is 0 Å². The lowest BCUT2D eigenvalue weighted by molar-refractivity contribution is -0.123. The molecule has 0 aliphatic rings. The van der Waals surface area contributed by atoms with Crippen LogP contribution in [0.15, 0.2) is 12.2 Å². The summed E-state index contributed by atoms with van der Waals surface area (Å²) in [6, 6.07) is -0.533. The standard InChI is InChI=1S/C39H77NO3/c1-3-5-7-9-11-13-15-17-19-21-22-24-26-28-30-32-34-38(42)37(36-41)40-39(43)35-33-31-29-27-25-23-20-18-16-14-12-10-8-6-4-2/h14,16,37-38,41-42H,3-13,15,17-36H2,1-2H3,(H,40,43)/b16-14-. The molecule has 4 nitrogen and oxygen atoms in total. The van der Waals surface area contributed by atoms with Crippen LogP contribution in [0.5, 0.6) is 0 Å². The van der Waals surface area contributed by atoms with Crippen LogP contribution < -0.4 is 5.32 Å². The molecule has 43 heavy (non-hydrogen) atoms. The Morgan fingerprint density at radius 3 is 1.30 bits per heavy atom. The van der Waals surface area contributed by atoms with E-state index in [1.807, 2.05) is 0 Å². The van der Waals surface area contributed by atoms with Crippen molar-refractivity contribution >= 4 is 5.91 Å². The molecular formula is C39H77NO3. The van der Waals surface area contributed by atoms with Crippen LogP contribution in [0.2, 0.25) is 0 Å². The summed E-state index contributed by atoms with van der Waals surface area (Å²) in [5.41, 5.74) is 0. The minimum atomic E-state index is -0.656. The summed E-state index contributed by atoms with van der Waals surface area (Å²) in [4.78, 5) is 12.3. The molecule has 0 radical (unpaired) electrons. The van der Waals surface area contributed by atoms with Crippen molar-refractivity contribution in [2.45, 2.75) is 225 Å². The second-order valence-electron chi connectivity index (χ2n) is 13.4. The van der Waals surface area contributed by atoms with Crippen LogP contribution in [0.25, 0.3) is 0 Å². The molecule has 2 unspecified atom stereocenters. The van der Waals surface area contributed by atoms with Gasteiger partial charge in [-0.1, -0.05) is 180 Å². The Hall–Kier alpha value is -0.870. The van der Waals surface area contributed by atoms with E-state index in [1.165, 1.54) is 161 Å². The maximum absolute atomic E-state index is 12.3. The number of aliphatic hydroxyl groups excluding tert-OH is 2. The van der Waals surface area contributed by atoms with Gasteiger partial charge in [0.05, 0.1) is 18.8 Å². The molecule has 0 aromatic carbocycles. The van der Waals surface area contributed by atoms with Gasteiger partial charge in [0.2, 0.25) is 5.91 Å². The number of amides is 1. The summed E-state index contributed by atoms with van der Waals surface area (Å²) in [7, 11) is 0. The van der Waals surface area contributed by atoms with E-state index in [9.17, 15) is 15.0 Å². The van der Waals surface area contributed by atoms with Crippen LogP contribution in [0.3, 0.4) is 0 Å². The molecule has 256 valence electrons. The van der Waals surface area contributed by atoms with Crippen molar-refractivity contribution in [3.63, 3.8) is 0 Å². The van der Waals surface area contributed by atoms with E-state index in [0.29, 0.717) is 12.8 Å². The highest BCUT2D eigenvalue weighted by Crippen LogP contribution is 2.15. The summed E-state index contributed by atoms with van der Waals surface area (Å²) in [5.74, 6) is -0.0356. The molecular weight excluding hydrogens is 530 g/mol. The van der Waals surface area contributed by atoms with E-state index in [-0.39, 0.29) is 12.5 Å². The van der Waals surface area contributed by atoms with Crippen LogP contribution in [0, 0.1) is 0 Å². The van der Waals surface area contributed by atoms with E-state index in [2.05, 4.69) is 31.3 Å². The zero-order valence-corrected chi connectivity index (χ0v) is 29.2. The monoisotopic (exact) mass is 608 g/mol. The molecule has 3 N–H and O–H groups in total. The number of nitrogens with one attached hydrogen (secondary N) is 1. The van der Waals surface area contributed by atoms with E-state index in [4.69, 9.17) is 0 Å². The second kappa shape index (κ2) is 35.6. The van der Waals surface area contributed by atoms with Crippen molar-refractivity contribution in [2.75, 3.05) is 6.61 Å². The van der Waals surface area contributed by atoms with Gasteiger partial charge in [0.15, 0.2) is 0 Å². The summed E-state index contributed by atoms with van der Waals surface area (Å²) in [5, 5.41) is 23.1. The van der Waals surface area contributed by atoms with Gasteiger partial charge in [0, 0.05) is 6.42 Å². The molecule has 0 spiro atoms. The van der Waals surface area contributed by atoms with Crippen molar-refractivity contribution < 1.29 is 15.0 Å². The fraction of sp³-hybridized carbons (Fsp3) is 0.923. The third-order valence-corrected chi connectivity index (χ3v) is 9.03. The Morgan fingerprint density at radius 1 is 0.535 bits per heavy atom. The van der Waals surface area contributed by atoms with E-state index < -0.39 is 12.1 Å². The SMILES string of the molecule is CCCCCC/C=C\CCCCCCCCCC(=O)NC(CO)C(O)CCCCCCCCCCCCCCCCCC. The van der Waals surface area contributed by atoms with Gasteiger partial charge < -0.3 is 15.5 Å². The van der Waals surface area contributed by atoms with Crippen LogP contribution in [0.4, 0.5) is 0 Å². The molecule has 0 aromatic rings. The van der Waals surface area contributed by atoms with Gasteiger partial charge in [-0.2, -0.15) is 0 Å². The zero-order valence-electron chi connectivity index (χ0n) is 29.2. The highest BCUT2D eigenvalue weighted by atomic mass is 16.3. The fourth-order valence-corrected chi connectivity index (χ4v) is 6.00.